The highest BCUT2D eigenvalue weighted by atomic mass is 14.7. The van der Waals surface area contributed by atoms with Gasteiger partial charge in [-0.1, -0.05) is 220 Å². The van der Waals surface area contributed by atoms with Gasteiger partial charge >= 0.3 is 0 Å². The molecular formula is C62H55N. The number of hydrogen-bond acceptors (Lipinski definition) is 1. The van der Waals surface area contributed by atoms with Gasteiger partial charge in [0.05, 0.1) is 5.69 Å². The summed E-state index contributed by atoms with van der Waals surface area (Å²) in [5, 5.41) is 4.99. The van der Waals surface area contributed by atoms with Crippen LogP contribution < -0.4 is 0 Å². The number of fused-ring (bicyclic) bond motifs is 2. The van der Waals surface area contributed by atoms with E-state index >= 15 is 0 Å². The lowest BCUT2D eigenvalue weighted by Gasteiger charge is -2.22. The van der Waals surface area contributed by atoms with Gasteiger partial charge in [0.2, 0.25) is 0 Å². The molecule has 9 aromatic rings. The van der Waals surface area contributed by atoms with E-state index in [2.05, 4.69) is 221 Å². The number of nitrogens with zero attached hydrogens (tertiary/aromatic N) is 1. The lowest BCUT2D eigenvalue weighted by molar-refractivity contribution is 1.04. The molecule has 0 saturated heterocycles. The number of rotatable bonds is 7. The molecule has 1 heteroatoms. The van der Waals surface area contributed by atoms with Crippen molar-refractivity contribution in [3.8, 4) is 44.5 Å². The lowest BCUT2D eigenvalue weighted by Crippen LogP contribution is -1.97. The Labute approximate surface area is 374 Å². The van der Waals surface area contributed by atoms with E-state index < -0.39 is 0 Å². The van der Waals surface area contributed by atoms with Gasteiger partial charge in [-0.25, -0.2) is 0 Å². The van der Waals surface area contributed by atoms with E-state index in [0.29, 0.717) is 0 Å². The van der Waals surface area contributed by atoms with Crippen LogP contribution in [0.5, 0.6) is 0 Å². The zero-order valence-electron chi connectivity index (χ0n) is 37.1. The summed E-state index contributed by atoms with van der Waals surface area (Å²) in [5.74, 6) is 0. The van der Waals surface area contributed by atoms with Crippen molar-refractivity contribution in [2.45, 2.75) is 47.5 Å². The first kappa shape index (κ1) is 42.3. The molecule has 0 aliphatic heterocycles. The maximum atomic E-state index is 5.04. The molecule has 63 heavy (non-hydrogen) atoms. The van der Waals surface area contributed by atoms with Crippen LogP contribution in [0.3, 0.4) is 0 Å². The molecule has 308 valence electrons. The highest BCUT2D eigenvalue weighted by Crippen LogP contribution is 2.48. The molecule has 0 N–H and O–H groups in total. The van der Waals surface area contributed by atoms with Gasteiger partial charge in [-0.3, -0.25) is 4.99 Å². The average molecular weight is 814 g/mol. The van der Waals surface area contributed by atoms with E-state index in [1.807, 2.05) is 32.0 Å². The molecule has 0 heterocycles. The fraction of sp³-hybridized carbons (Fsp3) is 0.113. The van der Waals surface area contributed by atoms with Crippen LogP contribution in [-0.2, 0) is 0 Å². The fourth-order valence-electron chi connectivity index (χ4n) is 8.67. The van der Waals surface area contributed by atoms with E-state index in [0.717, 1.165) is 29.8 Å². The van der Waals surface area contributed by atoms with Crippen molar-refractivity contribution in [2.75, 3.05) is 0 Å². The number of benzene rings is 9. The average Bonchev–Trinajstić information content (AvgIpc) is 3.35. The summed E-state index contributed by atoms with van der Waals surface area (Å²) in [5.41, 5.74) is 18.0. The molecule has 1 nitrogen and oxygen atoms in total. The molecular weight excluding hydrogens is 759 g/mol. The Bertz CT molecular complexity index is 3090. The summed E-state index contributed by atoms with van der Waals surface area (Å²) < 4.78 is 0. The third kappa shape index (κ3) is 9.30. The van der Waals surface area contributed by atoms with Crippen LogP contribution >= 0.6 is 0 Å². The zero-order valence-corrected chi connectivity index (χ0v) is 37.1. The minimum atomic E-state index is 1.00. The molecule has 10 rings (SSSR count). The van der Waals surface area contributed by atoms with Crippen molar-refractivity contribution in [2.24, 2.45) is 4.99 Å². The molecule has 1 aliphatic carbocycles. The summed E-state index contributed by atoms with van der Waals surface area (Å²) in [6.07, 6.45) is 9.15. The summed E-state index contributed by atoms with van der Waals surface area (Å²) >= 11 is 0. The Morgan fingerprint density at radius 1 is 0.429 bits per heavy atom. The second-order valence-corrected chi connectivity index (χ2v) is 15.9. The number of para-hydroxylation sites is 1. The van der Waals surface area contributed by atoms with Crippen LogP contribution in [0.1, 0.15) is 55.9 Å². The van der Waals surface area contributed by atoms with E-state index in [9.17, 15) is 0 Å². The minimum Gasteiger partial charge on any atom is -0.253 e. The van der Waals surface area contributed by atoms with Gasteiger partial charge < -0.3 is 0 Å². The topological polar surface area (TPSA) is 12.4 Å². The summed E-state index contributed by atoms with van der Waals surface area (Å²) in [4.78, 5) is 5.04. The first-order chi connectivity index (χ1) is 31.0. The maximum Gasteiger partial charge on any atom is 0.0662 e. The van der Waals surface area contributed by atoms with Crippen molar-refractivity contribution in [1.82, 2.24) is 0 Å². The zero-order chi connectivity index (χ0) is 43.5. The first-order valence-corrected chi connectivity index (χ1v) is 22.4. The van der Waals surface area contributed by atoms with Crippen LogP contribution in [-0.4, -0.2) is 5.71 Å². The van der Waals surface area contributed by atoms with Crippen molar-refractivity contribution < 1.29 is 0 Å². The second-order valence-electron chi connectivity index (χ2n) is 15.9. The standard InChI is InChI=1S/C53H41N.C7H8.C2H6/c1-36-18-9-16-31-51(36)54-37(2)40-23-17-24-41(34-40)42-32-33-49-50(35-42)53(46-28-13-11-26-44(46)39-21-7-4-8-22-39)48-30-15-14-29-47(48)52(49)45-27-12-10-25-43(45)38-19-5-3-6-20-38;1-7-5-3-2-4-6-7;1-2/h4-5,7-35H,3,6H2,1-2H3;2-6H,1H3;1-2H3. The summed E-state index contributed by atoms with van der Waals surface area (Å²) in [6.45, 7) is 10.3. The highest BCUT2D eigenvalue weighted by molar-refractivity contribution is 6.23. The van der Waals surface area contributed by atoms with E-state index in [4.69, 9.17) is 4.99 Å². The molecule has 0 fully saturated rings. The number of allylic oxidation sites excluding steroid dienone is 4. The Hall–Kier alpha value is -7.35. The minimum absolute atomic E-state index is 1.00. The van der Waals surface area contributed by atoms with Gasteiger partial charge in [0.1, 0.15) is 0 Å². The van der Waals surface area contributed by atoms with Crippen LogP contribution in [0.25, 0.3) is 71.6 Å². The number of aliphatic imine (C=N–C) groups is 1. The van der Waals surface area contributed by atoms with Gasteiger partial charge in [-0.15, -0.1) is 0 Å². The van der Waals surface area contributed by atoms with Crippen LogP contribution in [0.15, 0.2) is 223 Å². The predicted octanol–water partition coefficient (Wildman–Crippen LogP) is 17.9. The second kappa shape index (κ2) is 20.0. The van der Waals surface area contributed by atoms with Crippen LogP contribution in [0, 0.1) is 13.8 Å². The molecule has 0 atom stereocenters. The van der Waals surface area contributed by atoms with Crippen molar-refractivity contribution >= 4 is 38.5 Å². The highest BCUT2D eigenvalue weighted by Gasteiger charge is 2.21. The largest absolute Gasteiger partial charge is 0.253 e. The Balaban J connectivity index is 0.000000547. The molecule has 0 spiro atoms. The van der Waals surface area contributed by atoms with Crippen LogP contribution in [0.2, 0.25) is 0 Å². The van der Waals surface area contributed by atoms with Gasteiger partial charge in [0.25, 0.3) is 0 Å². The first-order valence-electron chi connectivity index (χ1n) is 22.4. The fourth-order valence-corrected chi connectivity index (χ4v) is 8.67. The smallest absolute Gasteiger partial charge is 0.0662 e. The van der Waals surface area contributed by atoms with Crippen LogP contribution in [0.4, 0.5) is 5.69 Å². The van der Waals surface area contributed by atoms with E-state index in [-0.39, 0.29) is 0 Å². The van der Waals surface area contributed by atoms with Gasteiger partial charge in [0.15, 0.2) is 0 Å². The third-order valence-electron chi connectivity index (χ3n) is 11.8. The molecule has 9 aromatic carbocycles. The van der Waals surface area contributed by atoms with Gasteiger partial charge in [-0.2, -0.15) is 0 Å². The summed E-state index contributed by atoms with van der Waals surface area (Å²) in [6, 6.07) is 72.2. The predicted molar refractivity (Wildman–Crippen MR) is 275 cm³/mol. The van der Waals surface area contributed by atoms with E-state index in [1.54, 1.807) is 0 Å². The molecule has 0 aromatic heterocycles. The van der Waals surface area contributed by atoms with Crippen molar-refractivity contribution in [3.05, 3.63) is 241 Å². The molecule has 0 amide bonds. The SMILES string of the molecule is CC.CC(=Nc1ccccc1C)c1cccc(-c2ccc3c(-c4ccccc4C4=CCCC=C4)c4ccccc4c(-c4ccccc4-c4ccccc4)c3c2)c1.Cc1ccccc1. The molecule has 0 radical (unpaired) electrons. The molecule has 0 unspecified atom stereocenters. The third-order valence-corrected chi connectivity index (χ3v) is 11.8. The Morgan fingerprint density at radius 2 is 0.968 bits per heavy atom. The molecule has 0 bridgehead atoms. The van der Waals surface area contributed by atoms with Gasteiger partial charge in [0, 0.05) is 5.71 Å². The Morgan fingerprint density at radius 3 is 1.62 bits per heavy atom. The maximum absolute atomic E-state index is 5.04. The Kier molecular flexibility index (Phi) is 13.5. The van der Waals surface area contributed by atoms with Gasteiger partial charge in [-0.05, 0) is 140 Å². The van der Waals surface area contributed by atoms with Crippen molar-refractivity contribution in [1.29, 1.82) is 0 Å². The molecule has 1 aliphatic rings. The van der Waals surface area contributed by atoms with Crippen molar-refractivity contribution in [3.63, 3.8) is 0 Å². The number of hydrogen-bond donors (Lipinski definition) is 0. The number of aryl methyl sites for hydroxylation is 2. The quantitative estimate of drug-likeness (QED) is 0.112. The normalized spacial score (nSPS) is 12.2. The molecule has 0 saturated carbocycles. The summed E-state index contributed by atoms with van der Waals surface area (Å²) in [7, 11) is 0. The van der Waals surface area contributed by atoms with E-state index in [1.165, 1.54) is 88.3 Å². The monoisotopic (exact) mass is 813 g/mol. The lowest BCUT2D eigenvalue weighted by atomic mass is 9.81.